The van der Waals surface area contributed by atoms with Crippen LogP contribution >= 0.6 is 39.3 Å². The summed E-state index contributed by atoms with van der Waals surface area (Å²) in [5.41, 5.74) is 1.04. The maximum absolute atomic E-state index is 12.8. The summed E-state index contributed by atoms with van der Waals surface area (Å²) in [5, 5.41) is 0.101. The average molecular weight is 527 g/mol. The predicted octanol–water partition coefficient (Wildman–Crippen LogP) is 5.29. The van der Waals surface area contributed by atoms with Crippen LogP contribution in [0, 0.1) is 0 Å². The van der Waals surface area contributed by atoms with Crippen molar-refractivity contribution in [3.8, 4) is 11.5 Å². The second-order valence-electron chi connectivity index (χ2n) is 6.11. The zero-order valence-corrected chi connectivity index (χ0v) is 19.7. The first-order valence-electron chi connectivity index (χ1n) is 9.03. The Bertz CT molecular complexity index is 1060. The van der Waals surface area contributed by atoms with E-state index in [4.69, 9.17) is 25.8 Å². The summed E-state index contributed by atoms with van der Waals surface area (Å²) >= 11 is 10.1. The van der Waals surface area contributed by atoms with Gasteiger partial charge in [-0.05, 0) is 66.7 Å². The first kappa shape index (κ1) is 23.2. The van der Waals surface area contributed by atoms with Gasteiger partial charge in [0.15, 0.2) is 18.1 Å². The van der Waals surface area contributed by atoms with Crippen LogP contribution in [0.4, 0.5) is 10.5 Å². The molecule has 0 spiro atoms. The molecule has 2 aromatic rings. The normalized spacial score (nSPS) is 14.8. The molecule has 7 nitrogen and oxygen atoms in total. The molecular weight excluding hydrogens is 510 g/mol. The third-order valence-electron chi connectivity index (χ3n) is 4.10. The number of benzene rings is 2. The zero-order chi connectivity index (χ0) is 22.5. The summed E-state index contributed by atoms with van der Waals surface area (Å²) in [4.78, 5) is 38.1. The lowest BCUT2D eigenvalue weighted by Gasteiger charge is -2.13. The number of hydrogen-bond acceptors (Lipinski definition) is 7. The molecule has 1 saturated heterocycles. The minimum Gasteiger partial charge on any atom is -0.493 e. The highest BCUT2D eigenvalue weighted by atomic mass is 79.9. The van der Waals surface area contributed by atoms with E-state index >= 15 is 0 Å². The van der Waals surface area contributed by atoms with Crippen molar-refractivity contribution in [2.75, 3.05) is 25.2 Å². The number of anilines is 1. The van der Waals surface area contributed by atoms with E-state index in [2.05, 4.69) is 15.9 Å². The van der Waals surface area contributed by atoms with E-state index in [1.165, 1.54) is 7.11 Å². The molecule has 1 heterocycles. The number of thioether (sulfide) groups is 1. The molecule has 2 aromatic carbocycles. The van der Waals surface area contributed by atoms with Gasteiger partial charge in [0.2, 0.25) is 0 Å². The molecule has 10 heteroatoms. The summed E-state index contributed by atoms with van der Waals surface area (Å²) in [6, 6.07) is 9.70. The van der Waals surface area contributed by atoms with Crippen LogP contribution in [-0.4, -0.2) is 37.4 Å². The molecule has 2 amide bonds. The fourth-order valence-electron chi connectivity index (χ4n) is 2.69. The molecular formula is C21H17BrClNO6S. The number of halogens is 2. The van der Waals surface area contributed by atoms with Crippen molar-refractivity contribution in [3.05, 3.63) is 56.4 Å². The van der Waals surface area contributed by atoms with E-state index in [1.807, 2.05) is 0 Å². The highest BCUT2D eigenvalue weighted by Crippen LogP contribution is 2.39. The Kier molecular flexibility index (Phi) is 7.64. The third kappa shape index (κ3) is 5.41. The molecule has 31 heavy (non-hydrogen) atoms. The minimum absolute atomic E-state index is 0.253. The number of carbonyl (C=O) groups is 3. The quantitative estimate of drug-likeness (QED) is 0.358. The van der Waals surface area contributed by atoms with Crippen LogP contribution in [0.5, 0.6) is 11.5 Å². The molecule has 0 bridgehead atoms. The number of methoxy groups -OCH3 is 1. The number of rotatable bonds is 7. The van der Waals surface area contributed by atoms with Crippen molar-refractivity contribution >= 4 is 68.2 Å². The van der Waals surface area contributed by atoms with Gasteiger partial charge in [-0.15, -0.1) is 0 Å². The first-order valence-corrected chi connectivity index (χ1v) is 11.0. The maximum Gasteiger partial charge on any atom is 0.344 e. The average Bonchev–Trinajstić information content (AvgIpc) is 3.02. The summed E-state index contributed by atoms with van der Waals surface area (Å²) in [7, 11) is 1.46. The number of hydrogen-bond donors (Lipinski definition) is 0. The van der Waals surface area contributed by atoms with Crippen molar-refractivity contribution in [2.24, 2.45) is 0 Å². The smallest absolute Gasteiger partial charge is 0.344 e. The van der Waals surface area contributed by atoms with Crippen molar-refractivity contribution < 1.29 is 28.6 Å². The molecule has 0 radical (unpaired) electrons. The van der Waals surface area contributed by atoms with Gasteiger partial charge in [-0.1, -0.05) is 27.5 Å². The van der Waals surface area contributed by atoms with E-state index in [9.17, 15) is 14.4 Å². The van der Waals surface area contributed by atoms with Crippen LogP contribution < -0.4 is 14.4 Å². The lowest BCUT2D eigenvalue weighted by atomic mass is 10.1. The lowest BCUT2D eigenvalue weighted by molar-refractivity contribution is -0.145. The molecule has 162 valence electrons. The number of amides is 2. The SMILES string of the molecule is CCOC(=O)COc1cc(Br)c(/C=C2/SC(=O)N(c3ccc(Cl)cc3)C2=O)cc1OC. The Morgan fingerprint density at radius 1 is 1.19 bits per heavy atom. The Balaban J connectivity index is 1.85. The lowest BCUT2D eigenvalue weighted by Crippen LogP contribution is -2.27. The van der Waals surface area contributed by atoms with Crippen LogP contribution in [0.25, 0.3) is 6.08 Å². The fourth-order valence-corrected chi connectivity index (χ4v) is 4.09. The van der Waals surface area contributed by atoms with Gasteiger partial charge in [0.1, 0.15) is 0 Å². The van der Waals surface area contributed by atoms with Crippen molar-refractivity contribution in [2.45, 2.75) is 6.92 Å². The van der Waals surface area contributed by atoms with Crippen molar-refractivity contribution in [1.29, 1.82) is 0 Å². The number of carbonyl (C=O) groups excluding carboxylic acids is 3. The molecule has 3 rings (SSSR count). The van der Waals surface area contributed by atoms with Crippen LogP contribution in [-0.2, 0) is 14.3 Å². The van der Waals surface area contributed by atoms with Gasteiger partial charge in [0.25, 0.3) is 11.1 Å². The van der Waals surface area contributed by atoms with Crippen LogP contribution in [0.1, 0.15) is 12.5 Å². The second kappa shape index (κ2) is 10.2. The van der Waals surface area contributed by atoms with Crippen LogP contribution in [0.3, 0.4) is 0 Å². The molecule has 0 saturated carbocycles. The summed E-state index contributed by atoms with van der Waals surface area (Å²) < 4.78 is 16.2. The first-order chi connectivity index (χ1) is 14.8. The van der Waals surface area contributed by atoms with Crippen LogP contribution in [0.2, 0.25) is 5.02 Å². The van der Waals surface area contributed by atoms with Gasteiger partial charge in [-0.25, -0.2) is 9.69 Å². The van der Waals surface area contributed by atoms with Crippen LogP contribution in [0.15, 0.2) is 45.8 Å². The molecule has 1 aliphatic heterocycles. The van der Waals surface area contributed by atoms with Gasteiger partial charge in [-0.2, -0.15) is 0 Å². The number of imide groups is 1. The van der Waals surface area contributed by atoms with E-state index in [0.29, 0.717) is 32.2 Å². The van der Waals surface area contributed by atoms with Gasteiger partial charge < -0.3 is 14.2 Å². The van der Waals surface area contributed by atoms with E-state index in [-0.39, 0.29) is 18.1 Å². The summed E-state index contributed by atoms with van der Waals surface area (Å²) in [6.45, 7) is 1.70. The third-order valence-corrected chi connectivity index (χ3v) is 5.91. The minimum atomic E-state index is -0.499. The Labute approximate surface area is 196 Å². The Morgan fingerprint density at radius 3 is 2.55 bits per heavy atom. The number of nitrogens with zero attached hydrogens (tertiary/aromatic N) is 1. The van der Waals surface area contributed by atoms with Crippen molar-refractivity contribution in [3.63, 3.8) is 0 Å². The molecule has 0 aliphatic carbocycles. The summed E-state index contributed by atoms with van der Waals surface area (Å²) in [5.74, 6) is -0.254. The molecule has 0 atom stereocenters. The van der Waals surface area contributed by atoms with Crippen molar-refractivity contribution in [1.82, 2.24) is 0 Å². The predicted molar refractivity (Wildman–Crippen MR) is 123 cm³/mol. The Hall–Kier alpha value is -2.49. The molecule has 1 fully saturated rings. The van der Waals surface area contributed by atoms with E-state index < -0.39 is 17.1 Å². The fraction of sp³-hybridized carbons (Fsp3) is 0.190. The second-order valence-corrected chi connectivity index (χ2v) is 8.40. The monoisotopic (exact) mass is 525 g/mol. The van der Waals surface area contributed by atoms with Gasteiger partial charge >= 0.3 is 5.97 Å². The molecule has 0 unspecified atom stereocenters. The largest absolute Gasteiger partial charge is 0.493 e. The number of ether oxygens (including phenoxy) is 3. The van der Waals surface area contributed by atoms with Gasteiger partial charge in [-0.3, -0.25) is 9.59 Å². The standard InChI is InChI=1S/C21H17BrClNO6S/c1-3-29-19(25)11-30-17-10-15(22)12(8-16(17)28-2)9-18-20(26)24(21(27)31-18)14-6-4-13(23)5-7-14/h4-10H,3,11H2,1-2H3/b18-9+. The summed E-state index contributed by atoms with van der Waals surface area (Å²) in [6.07, 6.45) is 1.59. The van der Waals surface area contributed by atoms with Gasteiger partial charge in [0.05, 0.1) is 24.3 Å². The van der Waals surface area contributed by atoms with E-state index in [0.717, 1.165) is 16.7 Å². The van der Waals surface area contributed by atoms with Gasteiger partial charge in [0, 0.05) is 9.50 Å². The maximum atomic E-state index is 12.8. The Morgan fingerprint density at radius 2 is 1.90 bits per heavy atom. The topological polar surface area (TPSA) is 82.1 Å². The molecule has 0 aromatic heterocycles. The highest BCUT2D eigenvalue weighted by molar-refractivity contribution is 9.10. The number of esters is 1. The zero-order valence-electron chi connectivity index (χ0n) is 16.5. The molecule has 0 N–H and O–H groups in total. The highest BCUT2D eigenvalue weighted by Gasteiger charge is 2.36. The van der Waals surface area contributed by atoms with E-state index in [1.54, 1.807) is 49.4 Å². The molecule has 1 aliphatic rings.